The van der Waals surface area contributed by atoms with E-state index < -0.39 is 0 Å². The first-order chi connectivity index (χ1) is 11.1. The van der Waals surface area contributed by atoms with Gasteiger partial charge in [0.25, 0.3) is 0 Å². The van der Waals surface area contributed by atoms with Crippen LogP contribution in [0.4, 0.5) is 0 Å². The Balaban J connectivity index is 1.68. The van der Waals surface area contributed by atoms with Crippen molar-refractivity contribution >= 4 is 5.97 Å². The van der Waals surface area contributed by atoms with Gasteiger partial charge >= 0.3 is 5.97 Å². The van der Waals surface area contributed by atoms with Gasteiger partial charge in [-0.3, -0.25) is 0 Å². The van der Waals surface area contributed by atoms with Crippen molar-refractivity contribution in [2.24, 2.45) is 5.92 Å². The van der Waals surface area contributed by atoms with Crippen LogP contribution in [-0.2, 0) is 20.9 Å². The van der Waals surface area contributed by atoms with Crippen LogP contribution in [0.5, 0.6) is 5.75 Å². The Hall–Kier alpha value is -2.07. The van der Waals surface area contributed by atoms with Crippen molar-refractivity contribution in [2.75, 3.05) is 13.7 Å². The lowest BCUT2D eigenvalue weighted by molar-refractivity contribution is -0.143. The first-order valence-electron chi connectivity index (χ1n) is 7.86. The molecule has 2 rings (SSSR count). The fourth-order valence-electron chi connectivity index (χ4n) is 2.35. The maximum Gasteiger partial charge on any atom is 0.331 e. The molecule has 1 heterocycles. The van der Waals surface area contributed by atoms with E-state index in [9.17, 15) is 4.79 Å². The second-order valence-electron chi connectivity index (χ2n) is 5.70. The zero-order chi connectivity index (χ0) is 16.7. The van der Waals surface area contributed by atoms with Crippen LogP contribution in [-0.4, -0.2) is 25.8 Å². The molecule has 0 radical (unpaired) electrons. The lowest BCUT2D eigenvalue weighted by atomic mass is 9.93. The Kier molecular flexibility index (Phi) is 6.41. The van der Waals surface area contributed by atoms with Crippen molar-refractivity contribution in [1.29, 1.82) is 0 Å². The molecule has 0 fully saturated rings. The van der Waals surface area contributed by atoms with E-state index in [1.54, 1.807) is 13.2 Å². The Bertz CT molecular complexity index is 572. The minimum atomic E-state index is -0.258. The van der Waals surface area contributed by atoms with Gasteiger partial charge in [-0.2, -0.15) is 0 Å². The maximum absolute atomic E-state index is 11.4. The number of carbonyl (C=O) groups is 1. The van der Waals surface area contributed by atoms with Crippen molar-refractivity contribution in [3.63, 3.8) is 0 Å². The molecule has 0 N–H and O–H groups in total. The highest BCUT2D eigenvalue weighted by atomic mass is 16.5. The zero-order valence-corrected chi connectivity index (χ0v) is 14.0. The van der Waals surface area contributed by atoms with Crippen LogP contribution in [0, 0.1) is 5.92 Å². The van der Waals surface area contributed by atoms with E-state index in [2.05, 4.69) is 6.92 Å². The Morgan fingerprint density at radius 1 is 1.26 bits per heavy atom. The van der Waals surface area contributed by atoms with E-state index >= 15 is 0 Å². The summed E-state index contributed by atoms with van der Waals surface area (Å²) in [6, 6.07) is 7.83. The largest absolute Gasteiger partial charge is 0.497 e. The summed E-state index contributed by atoms with van der Waals surface area (Å²) in [7, 11) is 1.65. The molecular formula is C19H24O4. The summed E-state index contributed by atoms with van der Waals surface area (Å²) >= 11 is 0. The van der Waals surface area contributed by atoms with E-state index in [1.165, 1.54) is 0 Å². The third kappa shape index (κ3) is 5.25. The predicted octanol–water partition coefficient (Wildman–Crippen LogP) is 3.67. The van der Waals surface area contributed by atoms with Crippen molar-refractivity contribution in [3.8, 4) is 5.75 Å². The second kappa shape index (κ2) is 8.53. The number of hydrogen-bond acceptors (Lipinski definition) is 4. The molecule has 0 aromatic heterocycles. The van der Waals surface area contributed by atoms with Crippen molar-refractivity contribution < 1.29 is 19.0 Å². The Labute approximate surface area is 137 Å². The molecule has 124 valence electrons. The van der Waals surface area contributed by atoms with Crippen LogP contribution >= 0.6 is 0 Å². The van der Waals surface area contributed by atoms with E-state index in [1.807, 2.05) is 43.3 Å². The summed E-state index contributed by atoms with van der Waals surface area (Å²) in [6.45, 7) is 5.23. The van der Waals surface area contributed by atoms with Gasteiger partial charge in [-0.05, 0) is 37.1 Å². The monoisotopic (exact) mass is 316 g/mol. The van der Waals surface area contributed by atoms with Gasteiger partial charge in [0.05, 0.1) is 20.3 Å². The van der Waals surface area contributed by atoms with Gasteiger partial charge in [-0.15, -0.1) is 0 Å². The molecule has 1 aromatic rings. The highest BCUT2D eigenvalue weighted by Gasteiger charge is 2.24. The fraction of sp³-hybridized carbons (Fsp3) is 0.421. The summed E-state index contributed by atoms with van der Waals surface area (Å²) in [5, 5.41) is 0. The molecule has 0 saturated carbocycles. The molecule has 0 bridgehead atoms. The predicted molar refractivity (Wildman–Crippen MR) is 89.2 cm³/mol. The van der Waals surface area contributed by atoms with E-state index in [-0.39, 0.29) is 18.0 Å². The lowest BCUT2D eigenvalue weighted by Crippen LogP contribution is -2.28. The summed E-state index contributed by atoms with van der Waals surface area (Å²) in [5.74, 6) is 0.812. The lowest BCUT2D eigenvalue weighted by Gasteiger charge is -2.25. The van der Waals surface area contributed by atoms with Crippen molar-refractivity contribution in [2.45, 2.75) is 33.0 Å². The molecule has 23 heavy (non-hydrogen) atoms. The minimum absolute atomic E-state index is 0.172. The number of cyclic esters (lactones) is 1. The van der Waals surface area contributed by atoms with Crippen molar-refractivity contribution in [1.82, 2.24) is 0 Å². The molecule has 0 spiro atoms. The van der Waals surface area contributed by atoms with Crippen LogP contribution < -0.4 is 4.74 Å². The molecule has 0 unspecified atom stereocenters. The third-order valence-corrected chi connectivity index (χ3v) is 3.99. The maximum atomic E-state index is 11.4. The Morgan fingerprint density at radius 2 is 2.00 bits per heavy atom. The smallest absolute Gasteiger partial charge is 0.331 e. The molecule has 4 nitrogen and oxygen atoms in total. The number of rotatable bonds is 7. The summed E-state index contributed by atoms with van der Waals surface area (Å²) in [4.78, 5) is 11.4. The highest BCUT2D eigenvalue weighted by molar-refractivity contribution is 5.84. The molecule has 1 aliphatic heterocycles. The number of ether oxygens (including phenoxy) is 3. The van der Waals surface area contributed by atoms with Gasteiger partial charge in [0.15, 0.2) is 0 Å². The van der Waals surface area contributed by atoms with Gasteiger partial charge in [0.1, 0.15) is 11.9 Å². The number of hydrogen-bond donors (Lipinski definition) is 0. The molecule has 4 heteroatoms. The number of benzene rings is 1. The number of esters is 1. The molecule has 0 aliphatic carbocycles. The number of methoxy groups -OCH3 is 1. The standard InChI is InChI=1S/C19H24O4/c1-14-12-19(20)23-18(15(14)2)6-4-5-11-22-13-16-7-9-17(21-3)10-8-16/h4,6-10,12,15,18H,5,11,13H2,1-3H3/b6-4+/t15-,18+/m1/s1. The van der Waals surface area contributed by atoms with Crippen LogP contribution in [0.2, 0.25) is 0 Å². The fourth-order valence-corrected chi connectivity index (χ4v) is 2.35. The molecule has 1 aromatic carbocycles. The van der Waals surface area contributed by atoms with Gasteiger partial charge in [-0.1, -0.05) is 30.7 Å². The third-order valence-electron chi connectivity index (χ3n) is 3.99. The molecule has 2 atom stereocenters. The second-order valence-corrected chi connectivity index (χ2v) is 5.70. The molecular weight excluding hydrogens is 292 g/mol. The van der Waals surface area contributed by atoms with Crippen molar-refractivity contribution in [3.05, 3.63) is 53.6 Å². The average molecular weight is 316 g/mol. The normalized spacial score (nSPS) is 21.2. The van der Waals surface area contributed by atoms with E-state index in [4.69, 9.17) is 14.2 Å². The summed E-state index contributed by atoms with van der Waals surface area (Å²) < 4.78 is 16.1. The van der Waals surface area contributed by atoms with Gasteiger partial charge in [-0.25, -0.2) is 4.79 Å². The molecule has 0 saturated heterocycles. The summed E-state index contributed by atoms with van der Waals surface area (Å²) in [5.41, 5.74) is 2.18. The van der Waals surface area contributed by atoms with Crippen LogP contribution in [0.25, 0.3) is 0 Å². The molecule has 1 aliphatic rings. The minimum Gasteiger partial charge on any atom is -0.497 e. The quantitative estimate of drug-likeness (QED) is 0.437. The Morgan fingerprint density at radius 3 is 2.70 bits per heavy atom. The topological polar surface area (TPSA) is 44.8 Å². The average Bonchev–Trinajstić information content (AvgIpc) is 2.55. The molecule has 0 amide bonds. The first kappa shape index (κ1) is 17.3. The van der Waals surface area contributed by atoms with Gasteiger partial charge in [0, 0.05) is 12.0 Å². The van der Waals surface area contributed by atoms with Gasteiger partial charge < -0.3 is 14.2 Å². The SMILES string of the molecule is COc1ccc(COCC/C=C/[C@@H]2OC(=O)C=C(C)[C@H]2C)cc1. The van der Waals surface area contributed by atoms with Crippen LogP contribution in [0.3, 0.4) is 0 Å². The van der Waals surface area contributed by atoms with Gasteiger partial charge in [0.2, 0.25) is 0 Å². The zero-order valence-electron chi connectivity index (χ0n) is 14.0. The number of carbonyl (C=O) groups excluding carboxylic acids is 1. The van der Waals surface area contributed by atoms with E-state index in [0.717, 1.165) is 23.3 Å². The van der Waals surface area contributed by atoms with E-state index in [0.29, 0.717) is 13.2 Å². The van der Waals surface area contributed by atoms with Crippen LogP contribution in [0.1, 0.15) is 25.8 Å². The van der Waals surface area contributed by atoms with Crippen LogP contribution in [0.15, 0.2) is 48.1 Å². The summed E-state index contributed by atoms with van der Waals surface area (Å²) in [6.07, 6.45) is 6.15. The first-order valence-corrected chi connectivity index (χ1v) is 7.86. The highest BCUT2D eigenvalue weighted by Crippen LogP contribution is 2.23.